The summed E-state index contributed by atoms with van der Waals surface area (Å²) in [6, 6.07) is 0. The van der Waals surface area contributed by atoms with Gasteiger partial charge in [-0.2, -0.15) is 0 Å². The zero-order chi connectivity index (χ0) is 8.85. The molecule has 2 amide bonds. The largest absolute Gasteiger partial charge is 0.343 e. The monoisotopic (exact) mass is 176 g/mol. The Hall–Kier alpha value is -1.03. The van der Waals surface area contributed by atoms with Gasteiger partial charge in [0, 0.05) is 17.3 Å². The van der Waals surface area contributed by atoms with E-state index in [4.69, 9.17) is 11.8 Å². The lowest BCUT2D eigenvalue weighted by molar-refractivity contribution is -0.123. The van der Waals surface area contributed by atoms with E-state index < -0.39 is 5.91 Å². The second-order valence-electron chi connectivity index (χ2n) is 1.98. The highest BCUT2D eigenvalue weighted by Crippen LogP contribution is 1.83. The molecule has 2 N–H and O–H groups in total. The summed E-state index contributed by atoms with van der Waals surface area (Å²) in [5, 5.41) is 2.30. The minimum atomic E-state index is -0.457. The summed E-state index contributed by atoms with van der Waals surface area (Å²) in [5.41, 5.74) is 0.354. The summed E-state index contributed by atoms with van der Waals surface area (Å²) in [6.45, 7) is 4.80. The minimum Gasteiger partial charge on any atom is -0.343 e. The fourth-order valence-corrected chi connectivity index (χ4v) is 0.412. The maximum atomic E-state index is 10.7. The molecule has 0 aromatic carbocycles. The molecule has 0 heterocycles. The Morgan fingerprint density at radius 1 is 1.55 bits per heavy atom. The molecule has 0 aliphatic carbocycles. The Balaban J connectivity index is 3.63. The van der Waals surface area contributed by atoms with Gasteiger partial charge in [-0.1, -0.05) is 6.58 Å². The van der Waals surface area contributed by atoms with Crippen molar-refractivity contribution in [3.05, 3.63) is 12.2 Å². The third-order valence-electron chi connectivity index (χ3n) is 0.903. The molecule has 0 aromatic rings. The highest BCUT2D eigenvalue weighted by Gasteiger charge is 2.03. The summed E-state index contributed by atoms with van der Waals surface area (Å²) in [7, 11) is 0. The average Bonchev–Trinajstić information content (AvgIpc) is 1.99. The predicted octanol–water partition coefficient (Wildman–Crippen LogP) is -0.0513. The number of hydrogen-bond donors (Lipinski definition) is 2. The van der Waals surface area contributed by atoms with E-state index in [2.05, 4.69) is 11.9 Å². The lowest BCUT2D eigenvalue weighted by atomic mass is 10.3. The lowest BCUT2D eigenvalue weighted by Crippen LogP contribution is -2.33. The van der Waals surface area contributed by atoms with E-state index in [0.29, 0.717) is 5.57 Å². The highest BCUT2D eigenvalue weighted by atomic mass is 35.5. The van der Waals surface area contributed by atoms with Crippen LogP contribution in [0.5, 0.6) is 0 Å². The molecule has 0 saturated carbocycles. The van der Waals surface area contributed by atoms with Crippen LogP contribution in [0.1, 0.15) is 6.92 Å². The molecule has 0 atom stereocenters. The van der Waals surface area contributed by atoms with Crippen molar-refractivity contribution in [1.29, 1.82) is 0 Å². The van der Waals surface area contributed by atoms with Crippen molar-refractivity contribution in [1.82, 2.24) is 10.2 Å². The summed E-state index contributed by atoms with van der Waals surface area (Å²) in [5.74, 6) is -0.813. The Kier molecular flexibility index (Phi) is 4.29. The molecule has 0 spiro atoms. The number of rotatable bonds is 3. The van der Waals surface area contributed by atoms with Gasteiger partial charge < -0.3 is 5.32 Å². The highest BCUT2D eigenvalue weighted by molar-refractivity contribution is 6.21. The molecule has 62 valence electrons. The maximum Gasteiger partial charge on any atom is 0.253 e. The molecular weight excluding hydrogens is 168 g/mol. The fraction of sp³-hybridized carbons (Fsp3) is 0.333. The van der Waals surface area contributed by atoms with E-state index in [1.54, 1.807) is 6.92 Å². The van der Waals surface area contributed by atoms with E-state index in [9.17, 15) is 9.59 Å². The van der Waals surface area contributed by atoms with Crippen LogP contribution in [-0.4, -0.2) is 18.4 Å². The molecule has 4 nitrogen and oxygen atoms in total. The molecule has 5 heteroatoms. The molecule has 0 aromatic heterocycles. The Morgan fingerprint density at radius 3 is 2.45 bits per heavy atom. The van der Waals surface area contributed by atoms with E-state index in [0.717, 1.165) is 0 Å². The molecule has 0 fully saturated rings. The number of nitrogens with one attached hydrogen (secondary N) is 2. The summed E-state index contributed by atoms with van der Waals surface area (Å²) < 4.78 is 0. The number of hydrogen-bond acceptors (Lipinski definition) is 2. The van der Waals surface area contributed by atoms with Gasteiger partial charge in [-0.15, -0.1) is 0 Å². The lowest BCUT2D eigenvalue weighted by Gasteiger charge is -2.01. The van der Waals surface area contributed by atoms with Crippen LogP contribution in [0.25, 0.3) is 0 Å². The van der Waals surface area contributed by atoms with Crippen molar-refractivity contribution in [3.63, 3.8) is 0 Å². The van der Waals surface area contributed by atoms with Crippen molar-refractivity contribution < 1.29 is 9.59 Å². The van der Waals surface area contributed by atoms with Crippen LogP contribution >= 0.6 is 11.8 Å². The third-order valence-corrected chi connectivity index (χ3v) is 1.11. The van der Waals surface area contributed by atoms with Crippen LogP contribution in [-0.2, 0) is 9.59 Å². The third kappa shape index (κ3) is 4.38. The van der Waals surface area contributed by atoms with Crippen molar-refractivity contribution in [2.75, 3.05) is 6.54 Å². The molecule has 0 radical (unpaired) electrons. The van der Waals surface area contributed by atoms with Gasteiger partial charge in [0.2, 0.25) is 5.91 Å². The molecule has 0 aliphatic heterocycles. The molecule has 0 bridgehead atoms. The quantitative estimate of drug-likeness (QED) is 0.468. The van der Waals surface area contributed by atoms with E-state index in [1.165, 1.54) is 0 Å². The molecule has 11 heavy (non-hydrogen) atoms. The van der Waals surface area contributed by atoms with E-state index in [1.807, 2.05) is 4.84 Å². The van der Waals surface area contributed by atoms with Crippen LogP contribution in [0.2, 0.25) is 0 Å². The van der Waals surface area contributed by atoms with Gasteiger partial charge in [0.25, 0.3) is 5.91 Å². The SMILES string of the molecule is C=C(C)C(=O)NCC(=O)NCl. The van der Waals surface area contributed by atoms with Crippen LogP contribution in [0.3, 0.4) is 0 Å². The Morgan fingerprint density at radius 2 is 2.09 bits per heavy atom. The summed E-state index contributed by atoms with van der Waals surface area (Å²) >= 11 is 4.94. The number of carbonyl (C=O) groups is 2. The van der Waals surface area contributed by atoms with Crippen LogP contribution in [0.15, 0.2) is 12.2 Å². The standard InChI is InChI=1S/C6H9ClN2O2/c1-4(2)6(11)8-3-5(10)9-7/h1,3H2,2H3,(H,8,11)(H,9,10). The van der Waals surface area contributed by atoms with Gasteiger partial charge in [0.15, 0.2) is 0 Å². The van der Waals surface area contributed by atoms with Gasteiger partial charge in [0.05, 0.1) is 6.54 Å². The average molecular weight is 177 g/mol. The molecule has 0 saturated heterocycles. The normalized spacial score (nSPS) is 8.55. The number of halogens is 1. The van der Waals surface area contributed by atoms with Gasteiger partial charge in [0.1, 0.15) is 0 Å². The van der Waals surface area contributed by atoms with Crippen LogP contribution < -0.4 is 10.2 Å². The zero-order valence-corrected chi connectivity index (χ0v) is 6.86. The molecule has 0 unspecified atom stereocenters. The van der Waals surface area contributed by atoms with Crippen molar-refractivity contribution in [2.24, 2.45) is 0 Å². The van der Waals surface area contributed by atoms with E-state index >= 15 is 0 Å². The minimum absolute atomic E-state index is 0.130. The van der Waals surface area contributed by atoms with Gasteiger partial charge >= 0.3 is 0 Å². The number of amides is 2. The topological polar surface area (TPSA) is 58.2 Å². The predicted molar refractivity (Wildman–Crippen MR) is 41.8 cm³/mol. The fourth-order valence-electron chi connectivity index (χ4n) is 0.345. The van der Waals surface area contributed by atoms with Gasteiger partial charge in [-0.3, -0.25) is 14.4 Å². The molecule has 0 rings (SSSR count). The van der Waals surface area contributed by atoms with E-state index in [-0.39, 0.29) is 12.5 Å². The van der Waals surface area contributed by atoms with Crippen LogP contribution in [0, 0.1) is 0 Å². The Labute approximate surface area is 69.7 Å². The smallest absolute Gasteiger partial charge is 0.253 e. The summed E-state index contributed by atoms with van der Waals surface area (Å²) in [6.07, 6.45) is 0. The molecule has 0 aliphatic rings. The summed E-state index contributed by atoms with van der Waals surface area (Å²) in [4.78, 5) is 23.0. The van der Waals surface area contributed by atoms with Gasteiger partial charge in [-0.05, 0) is 6.92 Å². The maximum absolute atomic E-state index is 10.7. The second kappa shape index (κ2) is 4.73. The van der Waals surface area contributed by atoms with Crippen LogP contribution in [0.4, 0.5) is 0 Å². The van der Waals surface area contributed by atoms with Crippen molar-refractivity contribution in [3.8, 4) is 0 Å². The zero-order valence-electron chi connectivity index (χ0n) is 6.11. The first kappa shape index (κ1) is 9.97. The first-order valence-corrected chi connectivity index (χ1v) is 3.29. The first-order chi connectivity index (χ1) is 5.07. The van der Waals surface area contributed by atoms with Crippen molar-refractivity contribution >= 4 is 23.6 Å². The molecular formula is C6H9ClN2O2. The van der Waals surface area contributed by atoms with Crippen molar-refractivity contribution in [2.45, 2.75) is 6.92 Å². The number of carbonyl (C=O) groups excluding carboxylic acids is 2. The first-order valence-electron chi connectivity index (χ1n) is 2.91. The Bertz CT molecular complexity index is 191. The second-order valence-corrected chi connectivity index (χ2v) is 2.17. The van der Waals surface area contributed by atoms with Gasteiger partial charge in [-0.25, -0.2) is 0 Å².